The maximum Gasteiger partial charge on any atom is 0.243 e. The van der Waals surface area contributed by atoms with Crippen molar-refractivity contribution in [2.24, 2.45) is 0 Å². The summed E-state index contributed by atoms with van der Waals surface area (Å²) in [5, 5.41) is 4.70. The van der Waals surface area contributed by atoms with Crippen LogP contribution in [-0.2, 0) is 23.2 Å². The van der Waals surface area contributed by atoms with E-state index in [1.54, 1.807) is 4.68 Å². The molecule has 0 spiro atoms. The highest BCUT2D eigenvalue weighted by molar-refractivity contribution is 7.89. The first-order valence-corrected chi connectivity index (χ1v) is 12.1. The summed E-state index contributed by atoms with van der Waals surface area (Å²) in [6.07, 6.45) is 0. The molecule has 2 heterocycles. The fraction of sp³-hybridized carbons (Fsp3) is 0.333. The van der Waals surface area contributed by atoms with Gasteiger partial charge >= 0.3 is 0 Å². The topological polar surface area (TPSA) is 63.4 Å². The monoisotopic (exact) mass is 479 g/mol. The van der Waals surface area contributed by atoms with Crippen molar-refractivity contribution in [3.63, 3.8) is 0 Å². The molecule has 0 saturated carbocycles. The molecule has 0 aliphatic carbocycles. The number of piperazine rings is 1. The van der Waals surface area contributed by atoms with Gasteiger partial charge in [0.1, 0.15) is 0 Å². The maximum atomic E-state index is 13.5. The van der Waals surface area contributed by atoms with Gasteiger partial charge in [-0.15, -0.1) is 0 Å². The summed E-state index contributed by atoms with van der Waals surface area (Å²) in [6, 6.07) is 12.4. The molecule has 7 nitrogen and oxygen atoms in total. The second-order valence-electron chi connectivity index (χ2n) is 7.46. The van der Waals surface area contributed by atoms with Gasteiger partial charge in [-0.2, -0.15) is 9.40 Å². The van der Waals surface area contributed by atoms with Crippen LogP contribution in [0.5, 0.6) is 0 Å². The normalized spacial score (nSPS) is 15.8. The minimum absolute atomic E-state index is 0.231. The molecule has 11 heteroatoms. The molecule has 0 atom stereocenters. The molecule has 1 saturated heterocycles. The molecule has 2 aromatic carbocycles. The molecule has 0 N–H and O–H groups in total. The zero-order valence-corrected chi connectivity index (χ0v) is 19.1. The number of rotatable bonds is 6. The Morgan fingerprint density at radius 1 is 1.00 bits per heavy atom. The van der Waals surface area contributed by atoms with Gasteiger partial charge in [-0.05, 0) is 37.3 Å². The average Bonchev–Trinajstić information content (AvgIpc) is 3.11. The molecule has 170 valence electrons. The number of benzene rings is 2. The number of sulfonamides is 1. The Kier molecular flexibility index (Phi) is 6.52. The van der Waals surface area contributed by atoms with E-state index >= 15 is 0 Å². The van der Waals surface area contributed by atoms with E-state index in [1.165, 1.54) is 4.31 Å². The van der Waals surface area contributed by atoms with E-state index in [9.17, 15) is 17.2 Å². The van der Waals surface area contributed by atoms with Crippen molar-refractivity contribution >= 4 is 22.2 Å². The summed E-state index contributed by atoms with van der Waals surface area (Å²) < 4.78 is 57.9. The Labute approximate surface area is 190 Å². The third-order valence-electron chi connectivity index (χ3n) is 5.47. The van der Waals surface area contributed by atoms with Crippen LogP contribution in [0, 0.1) is 16.4 Å². The van der Waals surface area contributed by atoms with Crippen LogP contribution in [0.2, 0.25) is 0 Å². The van der Waals surface area contributed by atoms with Crippen molar-refractivity contribution in [3.05, 3.63) is 64.9 Å². The minimum atomic E-state index is -3.90. The van der Waals surface area contributed by atoms with Gasteiger partial charge in [-0.1, -0.05) is 30.3 Å². The quantitative estimate of drug-likeness (QED) is 0.508. The van der Waals surface area contributed by atoms with Crippen LogP contribution in [0.3, 0.4) is 0 Å². The number of halogens is 2. The first kappa shape index (κ1) is 22.7. The van der Waals surface area contributed by atoms with Crippen molar-refractivity contribution in [2.45, 2.75) is 25.0 Å². The Bertz CT molecular complexity index is 1270. The highest BCUT2D eigenvalue weighted by Gasteiger charge is 2.29. The summed E-state index contributed by atoms with van der Waals surface area (Å²) in [7, 11) is -3.90. The Morgan fingerprint density at radius 3 is 2.31 bits per heavy atom. The lowest BCUT2D eigenvalue weighted by molar-refractivity contribution is 0.144. The van der Waals surface area contributed by atoms with Crippen molar-refractivity contribution < 1.29 is 17.2 Å². The molecular formula is C21H23F2N5O2S2. The van der Waals surface area contributed by atoms with E-state index in [0.29, 0.717) is 31.1 Å². The van der Waals surface area contributed by atoms with Crippen LogP contribution >= 0.6 is 12.2 Å². The van der Waals surface area contributed by atoms with Gasteiger partial charge in [-0.25, -0.2) is 21.9 Å². The number of nitrogens with zero attached hydrogens (tertiary/aromatic N) is 5. The predicted octanol–water partition coefficient (Wildman–Crippen LogP) is 3.34. The predicted molar refractivity (Wildman–Crippen MR) is 119 cm³/mol. The van der Waals surface area contributed by atoms with Gasteiger partial charge in [0.25, 0.3) is 0 Å². The smallest absolute Gasteiger partial charge is 0.243 e. The van der Waals surface area contributed by atoms with Crippen LogP contribution in [0.15, 0.2) is 53.4 Å². The standard InChI is InChI=1S/C21H23F2N5O2S2/c1-2-27-20(16-6-4-3-5-7-16)24-28(21(27)31)15-25-10-12-26(13-11-25)32(29,30)17-8-9-18(22)19(23)14-17/h3-9,14H,2,10-13,15H2,1H3. The fourth-order valence-electron chi connectivity index (χ4n) is 3.71. The summed E-state index contributed by atoms with van der Waals surface area (Å²) >= 11 is 5.61. The molecule has 32 heavy (non-hydrogen) atoms. The van der Waals surface area contributed by atoms with Crippen molar-refractivity contribution in [1.29, 1.82) is 0 Å². The average molecular weight is 480 g/mol. The van der Waals surface area contributed by atoms with E-state index in [2.05, 4.69) is 4.90 Å². The summed E-state index contributed by atoms with van der Waals surface area (Å²) in [5.74, 6) is -1.47. The van der Waals surface area contributed by atoms with E-state index < -0.39 is 21.7 Å². The second kappa shape index (κ2) is 9.18. The molecule has 4 rings (SSSR count). The van der Waals surface area contributed by atoms with Crippen LogP contribution in [-0.4, -0.2) is 58.1 Å². The Hall–Kier alpha value is -2.47. The van der Waals surface area contributed by atoms with Crippen LogP contribution in [0.4, 0.5) is 8.78 Å². The molecule has 1 aromatic heterocycles. The number of hydrogen-bond acceptors (Lipinski definition) is 5. The number of aromatic nitrogens is 3. The Balaban J connectivity index is 1.47. The molecule has 1 aliphatic heterocycles. The van der Waals surface area contributed by atoms with Gasteiger partial charge < -0.3 is 4.57 Å². The largest absolute Gasteiger partial charge is 0.300 e. The second-order valence-corrected chi connectivity index (χ2v) is 9.76. The zero-order chi connectivity index (χ0) is 22.9. The van der Waals surface area contributed by atoms with E-state index in [0.717, 1.165) is 29.6 Å². The summed E-state index contributed by atoms with van der Waals surface area (Å²) in [6.45, 7) is 4.52. The molecule has 0 radical (unpaired) electrons. The highest BCUT2D eigenvalue weighted by atomic mass is 32.2. The molecule has 0 bridgehead atoms. The van der Waals surface area contributed by atoms with Crippen molar-refractivity contribution in [3.8, 4) is 11.4 Å². The third-order valence-corrected chi connectivity index (χ3v) is 7.79. The third kappa shape index (κ3) is 4.38. The Morgan fingerprint density at radius 2 is 1.69 bits per heavy atom. The lowest BCUT2D eigenvalue weighted by Gasteiger charge is -2.33. The van der Waals surface area contributed by atoms with E-state index in [1.807, 2.05) is 41.8 Å². The molecule has 1 aliphatic rings. The van der Waals surface area contributed by atoms with Crippen molar-refractivity contribution in [1.82, 2.24) is 23.6 Å². The first-order chi connectivity index (χ1) is 15.3. The molecule has 0 unspecified atom stereocenters. The van der Waals surface area contributed by atoms with Crippen LogP contribution in [0.25, 0.3) is 11.4 Å². The first-order valence-electron chi connectivity index (χ1n) is 10.2. The van der Waals surface area contributed by atoms with Gasteiger partial charge in [0.05, 0.1) is 11.6 Å². The lowest BCUT2D eigenvalue weighted by atomic mass is 10.2. The summed E-state index contributed by atoms with van der Waals surface area (Å²) in [5.41, 5.74) is 0.974. The van der Waals surface area contributed by atoms with Gasteiger partial charge in [-0.3, -0.25) is 4.90 Å². The summed E-state index contributed by atoms with van der Waals surface area (Å²) in [4.78, 5) is 1.82. The van der Waals surface area contributed by atoms with Gasteiger partial charge in [0.15, 0.2) is 22.2 Å². The molecule has 0 amide bonds. The SMILES string of the molecule is CCn1c(-c2ccccc2)nn(CN2CCN(S(=O)(=O)c3ccc(F)c(F)c3)CC2)c1=S. The molecule has 3 aromatic rings. The number of hydrogen-bond donors (Lipinski definition) is 0. The van der Waals surface area contributed by atoms with Crippen molar-refractivity contribution in [2.75, 3.05) is 26.2 Å². The maximum absolute atomic E-state index is 13.5. The lowest BCUT2D eigenvalue weighted by Crippen LogP contribution is -2.49. The molecular weight excluding hydrogens is 456 g/mol. The van der Waals surface area contributed by atoms with Gasteiger partial charge in [0, 0.05) is 38.3 Å². The van der Waals surface area contributed by atoms with E-state index in [-0.39, 0.29) is 18.0 Å². The highest BCUT2D eigenvalue weighted by Crippen LogP contribution is 2.21. The fourth-order valence-corrected chi connectivity index (χ4v) is 5.45. The van der Waals surface area contributed by atoms with Gasteiger partial charge in [0.2, 0.25) is 10.0 Å². The minimum Gasteiger partial charge on any atom is -0.300 e. The molecule has 1 fully saturated rings. The van der Waals surface area contributed by atoms with Crippen LogP contribution in [0.1, 0.15) is 6.92 Å². The van der Waals surface area contributed by atoms with E-state index in [4.69, 9.17) is 17.3 Å². The zero-order valence-electron chi connectivity index (χ0n) is 17.5. The van der Waals surface area contributed by atoms with Crippen LogP contribution < -0.4 is 0 Å².